The first kappa shape index (κ1) is 7.56. The second kappa shape index (κ2) is 2.20. The third-order valence-corrected chi connectivity index (χ3v) is 2.82. The van der Waals surface area contributed by atoms with E-state index in [4.69, 9.17) is 9.47 Å². The average Bonchev–Trinajstić information content (AvgIpc) is 2.39. The second-order valence-electron chi connectivity index (χ2n) is 4.50. The van der Waals surface area contributed by atoms with Gasteiger partial charge in [-0.3, -0.25) is 0 Å². The molecule has 0 aliphatic carbocycles. The van der Waals surface area contributed by atoms with Crippen LogP contribution < -0.4 is 0 Å². The van der Waals surface area contributed by atoms with Crippen LogP contribution in [-0.4, -0.2) is 25.4 Å². The molecule has 0 N–H and O–H groups in total. The fraction of sp³-hybridized carbons (Fsp3) is 1.00. The van der Waals surface area contributed by atoms with Crippen LogP contribution >= 0.6 is 0 Å². The molecule has 0 spiro atoms. The van der Waals surface area contributed by atoms with E-state index in [2.05, 4.69) is 20.8 Å². The summed E-state index contributed by atoms with van der Waals surface area (Å²) in [5.41, 5.74) is 0.232. The summed E-state index contributed by atoms with van der Waals surface area (Å²) in [5, 5.41) is 0. The number of rotatable bonds is 0. The fourth-order valence-electron chi connectivity index (χ4n) is 2.06. The lowest BCUT2D eigenvalue weighted by atomic mass is 9.86. The van der Waals surface area contributed by atoms with Crippen LogP contribution in [0.4, 0.5) is 0 Å². The van der Waals surface area contributed by atoms with Crippen molar-refractivity contribution in [1.29, 1.82) is 0 Å². The van der Waals surface area contributed by atoms with E-state index in [1.807, 2.05) is 0 Å². The van der Waals surface area contributed by atoms with Crippen LogP contribution in [0, 0.1) is 11.3 Å². The van der Waals surface area contributed by atoms with Crippen molar-refractivity contribution in [2.24, 2.45) is 11.3 Å². The summed E-state index contributed by atoms with van der Waals surface area (Å²) in [4.78, 5) is 0. The van der Waals surface area contributed by atoms with Crippen LogP contribution in [0.15, 0.2) is 0 Å². The smallest absolute Gasteiger partial charge is 0.0913 e. The molecule has 2 heterocycles. The van der Waals surface area contributed by atoms with Gasteiger partial charge in [-0.25, -0.2) is 0 Å². The van der Waals surface area contributed by atoms with Gasteiger partial charge in [0.2, 0.25) is 0 Å². The predicted octanol–water partition coefficient (Wildman–Crippen LogP) is 1.45. The van der Waals surface area contributed by atoms with Crippen molar-refractivity contribution in [3.05, 3.63) is 0 Å². The maximum absolute atomic E-state index is 5.68. The van der Waals surface area contributed by atoms with Crippen LogP contribution in [0.5, 0.6) is 0 Å². The molecule has 2 aliphatic rings. The van der Waals surface area contributed by atoms with E-state index >= 15 is 0 Å². The Morgan fingerprint density at radius 2 is 2.00 bits per heavy atom. The molecule has 0 aromatic carbocycles. The quantitative estimate of drug-likeness (QED) is 0.528. The molecule has 3 atom stereocenters. The lowest BCUT2D eigenvalue weighted by molar-refractivity contribution is 0.0381. The van der Waals surface area contributed by atoms with E-state index in [-0.39, 0.29) is 5.41 Å². The minimum atomic E-state index is 0.232. The zero-order valence-electron chi connectivity index (χ0n) is 7.46. The minimum absolute atomic E-state index is 0.232. The van der Waals surface area contributed by atoms with Crippen molar-refractivity contribution < 1.29 is 9.47 Å². The molecule has 0 aromatic heterocycles. The molecule has 64 valence electrons. The topological polar surface area (TPSA) is 18.5 Å². The lowest BCUT2D eigenvalue weighted by Gasteiger charge is -2.22. The molecule has 0 saturated carbocycles. The first-order valence-corrected chi connectivity index (χ1v) is 4.34. The molecule has 2 rings (SSSR count). The Hall–Kier alpha value is -0.0800. The van der Waals surface area contributed by atoms with E-state index in [1.54, 1.807) is 0 Å². The van der Waals surface area contributed by atoms with Crippen LogP contribution in [0.2, 0.25) is 0 Å². The maximum atomic E-state index is 5.68. The molecule has 0 amide bonds. The first-order valence-electron chi connectivity index (χ1n) is 4.34. The number of fused-ring (bicyclic) bond motifs is 1. The Balaban J connectivity index is 2.17. The van der Waals surface area contributed by atoms with Gasteiger partial charge in [-0.2, -0.15) is 0 Å². The normalized spacial score (nSPS) is 47.7. The van der Waals surface area contributed by atoms with Gasteiger partial charge in [0.15, 0.2) is 0 Å². The van der Waals surface area contributed by atoms with Crippen LogP contribution in [0.25, 0.3) is 0 Å². The van der Waals surface area contributed by atoms with Gasteiger partial charge in [-0.05, 0) is 0 Å². The van der Waals surface area contributed by atoms with Crippen molar-refractivity contribution >= 4 is 0 Å². The average molecular weight is 156 g/mol. The Kier molecular flexibility index (Phi) is 1.52. The summed E-state index contributed by atoms with van der Waals surface area (Å²) in [6.45, 7) is 8.36. The van der Waals surface area contributed by atoms with E-state index in [0.29, 0.717) is 18.1 Å². The van der Waals surface area contributed by atoms with Gasteiger partial charge in [-0.15, -0.1) is 0 Å². The number of hydrogen-bond donors (Lipinski definition) is 0. The molecule has 2 heteroatoms. The molecule has 0 aromatic rings. The molecule has 2 aliphatic heterocycles. The monoisotopic (exact) mass is 156 g/mol. The number of hydrogen-bond acceptors (Lipinski definition) is 2. The zero-order chi connectivity index (χ0) is 8.06. The summed E-state index contributed by atoms with van der Waals surface area (Å²) < 4.78 is 11.4. The molecule has 2 nitrogen and oxygen atoms in total. The van der Waals surface area contributed by atoms with Crippen molar-refractivity contribution in [2.75, 3.05) is 13.2 Å². The maximum Gasteiger partial charge on any atom is 0.0913 e. The largest absolute Gasteiger partial charge is 0.374 e. The van der Waals surface area contributed by atoms with Crippen LogP contribution in [0.3, 0.4) is 0 Å². The Bertz CT molecular complexity index is 165. The third kappa shape index (κ3) is 1.00. The standard InChI is InChI=1S/C9H16O2/c1-6-4-10-8-7(6)11-5-9(8,2)3/h6-8H,4-5H2,1-3H3. The van der Waals surface area contributed by atoms with E-state index in [9.17, 15) is 0 Å². The van der Waals surface area contributed by atoms with E-state index < -0.39 is 0 Å². The summed E-state index contributed by atoms with van der Waals surface area (Å²) in [5.74, 6) is 0.585. The zero-order valence-corrected chi connectivity index (χ0v) is 7.46. The minimum Gasteiger partial charge on any atom is -0.374 e. The summed E-state index contributed by atoms with van der Waals surface area (Å²) in [7, 11) is 0. The van der Waals surface area contributed by atoms with Crippen LogP contribution in [0.1, 0.15) is 20.8 Å². The molecule has 2 fully saturated rings. The highest BCUT2D eigenvalue weighted by molar-refractivity contribution is 4.97. The fourth-order valence-corrected chi connectivity index (χ4v) is 2.06. The van der Waals surface area contributed by atoms with Gasteiger partial charge in [0, 0.05) is 11.3 Å². The molecular formula is C9H16O2. The first-order chi connectivity index (χ1) is 5.11. The molecule has 3 unspecified atom stereocenters. The summed E-state index contributed by atoms with van der Waals surface area (Å²) >= 11 is 0. The molecule has 11 heavy (non-hydrogen) atoms. The SMILES string of the molecule is CC1COC2C1OCC2(C)C. The summed E-state index contributed by atoms with van der Waals surface area (Å²) in [6.07, 6.45) is 0.711. The van der Waals surface area contributed by atoms with E-state index in [1.165, 1.54) is 0 Å². The lowest BCUT2D eigenvalue weighted by Crippen LogP contribution is -2.31. The summed E-state index contributed by atoms with van der Waals surface area (Å²) in [6, 6.07) is 0. The third-order valence-electron chi connectivity index (χ3n) is 2.82. The Labute approximate surface area is 67.9 Å². The van der Waals surface area contributed by atoms with Gasteiger partial charge in [0.1, 0.15) is 0 Å². The predicted molar refractivity (Wildman–Crippen MR) is 42.4 cm³/mol. The van der Waals surface area contributed by atoms with Gasteiger partial charge >= 0.3 is 0 Å². The van der Waals surface area contributed by atoms with Gasteiger partial charge in [0.25, 0.3) is 0 Å². The van der Waals surface area contributed by atoms with Gasteiger partial charge in [-0.1, -0.05) is 20.8 Å². The van der Waals surface area contributed by atoms with Crippen LogP contribution in [-0.2, 0) is 9.47 Å². The molecule has 2 saturated heterocycles. The highest BCUT2D eigenvalue weighted by Gasteiger charge is 2.50. The Morgan fingerprint density at radius 1 is 1.27 bits per heavy atom. The molecular weight excluding hydrogens is 140 g/mol. The molecule has 0 bridgehead atoms. The van der Waals surface area contributed by atoms with Crippen molar-refractivity contribution in [2.45, 2.75) is 33.0 Å². The second-order valence-corrected chi connectivity index (χ2v) is 4.50. The van der Waals surface area contributed by atoms with E-state index in [0.717, 1.165) is 13.2 Å². The van der Waals surface area contributed by atoms with Crippen molar-refractivity contribution in [3.63, 3.8) is 0 Å². The molecule has 0 radical (unpaired) electrons. The van der Waals surface area contributed by atoms with Crippen molar-refractivity contribution in [3.8, 4) is 0 Å². The highest BCUT2D eigenvalue weighted by Crippen LogP contribution is 2.41. The number of ether oxygens (including phenoxy) is 2. The highest BCUT2D eigenvalue weighted by atomic mass is 16.6. The van der Waals surface area contributed by atoms with Gasteiger partial charge in [0.05, 0.1) is 25.4 Å². The van der Waals surface area contributed by atoms with Crippen molar-refractivity contribution in [1.82, 2.24) is 0 Å². The van der Waals surface area contributed by atoms with Gasteiger partial charge < -0.3 is 9.47 Å². The Morgan fingerprint density at radius 3 is 2.64 bits per heavy atom.